The summed E-state index contributed by atoms with van der Waals surface area (Å²) in [4.78, 5) is 30.0. The molecule has 0 aliphatic carbocycles. The number of aliphatic hydroxyl groups excluding tert-OH is 1. The van der Waals surface area contributed by atoms with E-state index in [2.05, 4.69) is 10.3 Å². The number of nitrogens with one attached hydrogen (secondary N) is 1. The van der Waals surface area contributed by atoms with Crippen molar-refractivity contribution in [3.8, 4) is 5.75 Å². The number of benzene rings is 1. The van der Waals surface area contributed by atoms with Crippen molar-refractivity contribution < 1.29 is 24.2 Å². The number of anilines is 1. The number of aromatic nitrogens is 1. The van der Waals surface area contributed by atoms with Crippen molar-refractivity contribution >= 4 is 28.9 Å². The first-order valence-corrected chi connectivity index (χ1v) is 9.10. The van der Waals surface area contributed by atoms with Crippen LogP contribution in [0.25, 0.3) is 0 Å². The number of thiazole rings is 1. The number of methoxy groups -OCH3 is 1. The summed E-state index contributed by atoms with van der Waals surface area (Å²) in [6.45, 7) is 0.451. The van der Waals surface area contributed by atoms with Crippen LogP contribution in [0.2, 0.25) is 0 Å². The summed E-state index contributed by atoms with van der Waals surface area (Å²) in [5.41, 5.74) is 1.03. The van der Waals surface area contributed by atoms with E-state index >= 15 is 0 Å². The third kappa shape index (κ3) is 4.44. The van der Waals surface area contributed by atoms with Crippen LogP contribution in [-0.4, -0.2) is 53.7 Å². The van der Waals surface area contributed by atoms with Crippen LogP contribution in [-0.2, 0) is 20.9 Å². The molecule has 8 nitrogen and oxygen atoms in total. The normalized spacial score (nSPS) is 13.9. The molecule has 0 atom stereocenters. The van der Waals surface area contributed by atoms with E-state index in [0.29, 0.717) is 18.0 Å². The number of rotatable bonds is 8. The second kappa shape index (κ2) is 8.65. The van der Waals surface area contributed by atoms with E-state index < -0.39 is 5.97 Å². The van der Waals surface area contributed by atoms with Gasteiger partial charge in [0.2, 0.25) is 0 Å². The Balaban J connectivity index is 1.70. The minimum atomic E-state index is -0.574. The van der Waals surface area contributed by atoms with Crippen LogP contribution in [0.15, 0.2) is 47.1 Å². The van der Waals surface area contributed by atoms with E-state index in [1.54, 1.807) is 30.5 Å². The summed E-state index contributed by atoms with van der Waals surface area (Å²) in [6.07, 6.45) is 1.72. The minimum absolute atomic E-state index is 0.101. The van der Waals surface area contributed by atoms with Crippen LogP contribution >= 0.6 is 11.3 Å². The van der Waals surface area contributed by atoms with Crippen LogP contribution in [0.5, 0.6) is 5.75 Å². The maximum absolute atomic E-state index is 12.5. The Morgan fingerprint density at radius 1 is 1.37 bits per heavy atom. The second-order valence-electron chi connectivity index (χ2n) is 5.66. The number of nitrogens with zero attached hydrogens (tertiary/aromatic N) is 2. The van der Waals surface area contributed by atoms with Gasteiger partial charge in [-0.3, -0.25) is 4.79 Å². The number of amides is 1. The van der Waals surface area contributed by atoms with Crippen molar-refractivity contribution in [3.05, 3.63) is 52.1 Å². The van der Waals surface area contributed by atoms with Crippen molar-refractivity contribution in [1.82, 2.24) is 9.88 Å². The van der Waals surface area contributed by atoms with E-state index in [9.17, 15) is 9.59 Å². The Kier molecular flexibility index (Phi) is 6.05. The minimum Gasteiger partial charge on any atom is -0.486 e. The maximum Gasteiger partial charge on any atom is 0.337 e. The van der Waals surface area contributed by atoms with Gasteiger partial charge in [-0.15, -0.1) is 11.3 Å². The van der Waals surface area contributed by atoms with Gasteiger partial charge in [-0.25, -0.2) is 9.78 Å². The molecule has 2 aromatic rings. The molecule has 0 radical (unpaired) electrons. The van der Waals surface area contributed by atoms with Gasteiger partial charge in [-0.05, 0) is 24.3 Å². The van der Waals surface area contributed by atoms with Crippen LogP contribution in [0.3, 0.4) is 0 Å². The smallest absolute Gasteiger partial charge is 0.337 e. The van der Waals surface area contributed by atoms with Gasteiger partial charge >= 0.3 is 5.97 Å². The molecular formula is C18H19N3O5S. The quantitative estimate of drug-likeness (QED) is 0.658. The van der Waals surface area contributed by atoms with E-state index in [1.807, 2.05) is 5.38 Å². The van der Waals surface area contributed by atoms with E-state index in [0.717, 1.165) is 5.01 Å². The Bertz CT molecular complexity index is 833. The number of aliphatic hydroxyl groups is 1. The van der Waals surface area contributed by atoms with Gasteiger partial charge in [0.05, 0.1) is 25.8 Å². The second-order valence-corrected chi connectivity index (χ2v) is 6.64. The molecule has 0 saturated carbocycles. The molecular weight excluding hydrogens is 370 g/mol. The number of β-amino-alcohol motifs (C(OH)–C–C–N with tert-alkyl or cyclic N) is 1. The Morgan fingerprint density at radius 3 is 2.78 bits per heavy atom. The lowest BCUT2D eigenvalue weighted by Crippen LogP contribution is -2.31. The van der Waals surface area contributed by atoms with Gasteiger partial charge in [0.15, 0.2) is 0 Å². The number of esters is 1. The largest absolute Gasteiger partial charge is 0.486 e. The van der Waals surface area contributed by atoms with Crippen molar-refractivity contribution in [3.63, 3.8) is 0 Å². The summed E-state index contributed by atoms with van der Waals surface area (Å²) in [5.74, 6) is -0.263. The molecule has 0 saturated heterocycles. The topological polar surface area (TPSA) is 101 Å². The van der Waals surface area contributed by atoms with Gasteiger partial charge in [-0.1, -0.05) is 0 Å². The van der Waals surface area contributed by atoms with Crippen LogP contribution in [0.1, 0.15) is 5.01 Å². The van der Waals surface area contributed by atoms with Crippen molar-refractivity contribution in [2.75, 3.05) is 32.1 Å². The molecule has 2 N–H and O–H groups in total. The highest BCUT2D eigenvalue weighted by atomic mass is 32.1. The third-order valence-electron chi connectivity index (χ3n) is 3.92. The zero-order valence-electron chi connectivity index (χ0n) is 14.7. The molecule has 142 valence electrons. The predicted molar refractivity (Wildman–Crippen MR) is 99.2 cm³/mol. The molecule has 0 unspecified atom stereocenters. The molecule has 2 heterocycles. The molecule has 0 fully saturated rings. The fraction of sp³-hybridized carbons (Fsp3) is 0.278. The lowest BCUT2D eigenvalue weighted by molar-refractivity contribution is -0.136. The molecule has 1 amide bonds. The number of ether oxygens (including phenoxy) is 2. The predicted octanol–water partition coefficient (Wildman–Crippen LogP) is 1.40. The molecule has 1 aromatic heterocycles. The summed E-state index contributed by atoms with van der Waals surface area (Å²) in [5, 5.41) is 14.8. The number of carbonyl (C=O) groups is 2. The van der Waals surface area contributed by atoms with Gasteiger partial charge in [-0.2, -0.15) is 0 Å². The highest BCUT2D eigenvalue weighted by Crippen LogP contribution is 2.24. The summed E-state index contributed by atoms with van der Waals surface area (Å²) in [6, 6.07) is 7.03. The first kappa shape index (κ1) is 18.9. The fourth-order valence-electron chi connectivity index (χ4n) is 2.60. The molecule has 1 aromatic carbocycles. The van der Waals surface area contributed by atoms with Crippen LogP contribution < -0.4 is 10.1 Å². The van der Waals surface area contributed by atoms with Crippen LogP contribution in [0.4, 0.5) is 5.69 Å². The van der Waals surface area contributed by atoms with E-state index in [1.165, 1.54) is 23.3 Å². The molecule has 3 rings (SSSR count). The Labute approximate surface area is 160 Å². The average Bonchev–Trinajstić information content (AvgIpc) is 3.31. The summed E-state index contributed by atoms with van der Waals surface area (Å²) >= 11 is 1.52. The van der Waals surface area contributed by atoms with Crippen molar-refractivity contribution in [2.24, 2.45) is 0 Å². The molecule has 1 aliphatic rings. The first-order chi connectivity index (χ1) is 13.1. The average molecular weight is 389 g/mol. The molecule has 0 bridgehead atoms. The molecule has 1 aliphatic heterocycles. The van der Waals surface area contributed by atoms with Gasteiger partial charge in [0, 0.05) is 23.8 Å². The van der Waals surface area contributed by atoms with Crippen molar-refractivity contribution in [1.29, 1.82) is 0 Å². The Morgan fingerprint density at radius 2 is 2.15 bits per heavy atom. The Hall–Kier alpha value is -2.91. The third-order valence-corrected chi connectivity index (χ3v) is 4.68. The highest BCUT2D eigenvalue weighted by molar-refractivity contribution is 7.09. The molecule has 0 spiro atoms. The first-order valence-electron chi connectivity index (χ1n) is 8.22. The summed E-state index contributed by atoms with van der Waals surface area (Å²) in [7, 11) is 1.26. The zero-order valence-corrected chi connectivity index (χ0v) is 15.5. The monoisotopic (exact) mass is 389 g/mol. The SMILES string of the molecule is COC(=O)C1=C(Nc2ccc(OCc3nccs3)cc2)C(=O)N(CCO)C1. The lowest BCUT2D eigenvalue weighted by Gasteiger charge is -2.15. The van der Waals surface area contributed by atoms with E-state index in [-0.39, 0.29) is 36.9 Å². The van der Waals surface area contributed by atoms with Crippen LogP contribution in [0, 0.1) is 0 Å². The van der Waals surface area contributed by atoms with Crippen molar-refractivity contribution in [2.45, 2.75) is 6.61 Å². The number of carbonyl (C=O) groups excluding carboxylic acids is 2. The summed E-state index contributed by atoms with van der Waals surface area (Å²) < 4.78 is 10.4. The number of hydrogen-bond donors (Lipinski definition) is 2. The number of hydrogen-bond acceptors (Lipinski definition) is 8. The standard InChI is InChI=1S/C18H19N3O5S/c1-25-18(24)14-10-21(7-8-22)17(23)16(14)20-12-2-4-13(5-3-12)26-11-15-19-6-9-27-15/h2-6,9,20,22H,7-8,10-11H2,1H3. The lowest BCUT2D eigenvalue weighted by atomic mass is 10.2. The molecule has 9 heteroatoms. The fourth-order valence-corrected chi connectivity index (χ4v) is 3.12. The van der Waals surface area contributed by atoms with Gasteiger partial charge in [0.25, 0.3) is 5.91 Å². The van der Waals surface area contributed by atoms with Gasteiger partial charge in [0.1, 0.15) is 23.1 Å². The van der Waals surface area contributed by atoms with Gasteiger partial charge < -0.3 is 24.8 Å². The molecule has 27 heavy (non-hydrogen) atoms. The zero-order chi connectivity index (χ0) is 19.2. The van der Waals surface area contributed by atoms with E-state index in [4.69, 9.17) is 14.6 Å². The highest BCUT2D eigenvalue weighted by Gasteiger charge is 2.34. The maximum atomic E-state index is 12.5.